The number of aryl methyl sites for hydroxylation is 1. The van der Waals surface area contributed by atoms with E-state index in [0.29, 0.717) is 45.6 Å². The lowest BCUT2D eigenvalue weighted by Gasteiger charge is -2.34. The second kappa shape index (κ2) is 8.41. The first-order valence-electron chi connectivity index (χ1n) is 7.97. The first-order chi connectivity index (χ1) is 11.2. The van der Waals surface area contributed by atoms with Gasteiger partial charge < -0.3 is 19.3 Å². The highest BCUT2D eigenvalue weighted by Crippen LogP contribution is 2.19. The molecule has 0 N–H and O–H groups in total. The van der Waals surface area contributed by atoms with E-state index in [4.69, 9.17) is 9.47 Å². The van der Waals surface area contributed by atoms with E-state index in [2.05, 4.69) is 0 Å². The standard InChI is InChI=1S/C17H24N2O4/c1-3-23-17(21)19-12-10-18(11-13-19)16(20)9-8-14-6-4-5-7-15(14)22-2/h4-7H,3,8-13H2,1-2H3. The smallest absolute Gasteiger partial charge is 0.409 e. The van der Waals surface area contributed by atoms with Crippen LogP contribution in [-0.4, -0.2) is 61.7 Å². The normalized spacial score (nSPS) is 14.5. The topological polar surface area (TPSA) is 59.1 Å². The third kappa shape index (κ3) is 4.61. The Morgan fingerprint density at radius 2 is 1.74 bits per heavy atom. The van der Waals surface area contributed by atoms with E-state index in [0.717, 1.165) is 11.3 Å². The Kier molecular flexibility index (Phi) is 6.26. The summed E-state index contributed by atoms with van der Waals surface area (Å²) in [5.74, 6) is 0.923. The van der Waals surface area contributed by atoms with E-state index >= 15 is 0 Å². The van der Waals surface area contributed by atoms with Crippen LogP contribution >= 0.6 is 0 Å². The van der Waals surface area contributed by atoms with Crippen LogP contribution in [-0.2, 0) is 16.0 Å². The van der Waals surface area contributed by atoms with Crippen molar-refractivity contribution in [2.75, 3.05) is 39.9 Å². The Morgan fingerprint density at radius 1 is 1.09 bits per heavy atom. The van der Waals surface area contributed by atoms with Gasteiger partial charge in [0, 0.05) is 32.6 Å². The van der Waals surface area contributed by atoms with Crippen molar-refractivity contribution >= 4 is 12.0 Å². The third-order valence-corrected chi connectivity index (χ3v) is 3.96. The van der Waals surface area contributed by atoms with Crippen molar-refractivity contribution in [1.29, 1.82) is 0 Å². The summed E-state index contributed by atoms with van der Waals surface area (Å²) < 4.78 is 10.3. The summed E-state index contributed by atoms with van der Waals surface area (Å²) in [6, 6.07) is 7.74. The highest BCUT2D eigenvalue weighted by molar-refractivity contribution is 5.77. The second-order valence-electron chi connectivity index (χ2n) is 5.38. The fourth-order valence-corrected chi connectivity index (χ4v) is 2.66. The summed E-state index contributed by atoms with van der Waals surface area (Å²) in [6.45, 7) is 4.33. The van der Waals surface area contributed by atoms with Gasteiger partial charge in [-0.05, 0) is 25.0 Å². The molecule has 23 heavy (non-hydrogen) atoms. The van der Waals surface area contributed by atoms with Crippen molar-refractivity contribution < 1.29 is 19.1 Å². The number of para-hydroxylation sites is 1. The molecular weight excluding hydrogens is 296 g/mol. The molecule has 1 aromatic rings. The number of benzene rings is 1. The molecule has 1 aromatic carbocycles. The van der Waals surface area contributed by atoms with E-state index in [1.165, 1.54) is 0 Å². The molecule has 6 heteroatoms. The first kappa shape index (κ1) is 17.1. The average Bonchev–Trinajstić information content (AvgIpc) is 2.60. The van der Waals surface area contributed by atoms with Crippen LogP contribution in [0.15, 0.2) is 24.3 Å². The average molecular weight is 320 g/mol. The fraction of sp³-hybridized carbons (Fsp3) is 0.529. The van der Waals surface area contributed by atoms with Crippen LogP contribution < -0.4 is 4.74 Å². The molecule has 0 spiro atoms. The zero-order chi connectivity index (χ0) is 16.7. The maximum absolute atomic E-state index is 12.3. The molecule has 0 radical (unpaired) electrons. The van der Waals surface area contributed by atoms with Crippen molar-refractivity contribution in [2.45, 2.75) is 19.8 Å². The highest BCUT2D eigenvalue weighted by Gasteiger charge is 2.24. The van der Waals surface area contributed by atoms with Gasteiger partial charge in [-0.15, -0.1) is 0 Å². The quantitative estimate of drug-likeness (QED) is 0.832. The number of hydrogen-bond acceptors (Lipinski definition) is 4. The maximum atomic E-state index is 12.3. The van der Waals surface area contributed by atoms with Crippen LogP contribution in [0.25, 0.3) is 0 Å². The molecule has 126 valence electrons. The minimum absolute atomic E-state index is 0.111. The molecule has 0 unspecified atom stereocenters. The molecule has 1 saturated heterocycles. The maximum Gasteiger partial charge on any atom is 0.409 e. The number of ether oxygens (including phenoxy) is 2. The van der Waals surface area contributed by atoms with E-state index in [9.17, 15) is 9.59 Å². The number of carbonyl (C=O) groups excluding carboxylic acids is 2. The van der Waals surface area contributed by atoms with Crippen molar-refractivity contribution in [1.82, 2.24) is 9.80 Å². The van der Waals surface area contributed by atoms with Gasteiger partial charge in [-0.1, -0.05) is 18.2 Å². The van der Waals surface area contributed by atoms with Gasteiger partial charge in [-0.2, -0.15) is 0 Å². The van der Waals surface area contributed by atoms with Gasteiger partial charge in [0.15, 0.2) is 0 Å². The van der Waals surface area contributed by atoms with Crippen LogP contribution in [0.1, 0.15) is 18.9 Å². The van der Waals surface area contributed by atoms with Crippen molar-refractivity contribution in [2.24, 2.45) is 0 Å². The molecule has 0 saturated carbocycles. The Morgan fingerprint density at radius 3 is 2.39 bits per heavy atom. The van der Waals surface area contributed by atoms with Gasteiger partial charge in [0.05, 0.1) is 13.7 Å². The lowest BCUT2D eigenvalue weighted by Crippen LogP contribution is -2.50. The second-order valence-corrected chi connectivity index (χ2v) is 5.38. The molecule has 2 rings (SSSR count). The van der Waals surface area contributed by atoms with Crippen LogP contribution in [0.2, 0.25) is 0 Å². The molecule has 0 bridgehead atoms. The zero-order valence-corrected chi connectivity index (χ0v) is 13.8. The van der Waals surface area contributed by atoms with Crippen LogP contribution in [0.3, 0.4) is 0 Å². The summed E-state index contributed by atoms with van der Waals surface area (Å²) in [5, 5.41) is 0. The molecule has 2 amide bonds. The molecule has 6 nitrogen and oxygen atoms in total. The van der Waals surface area contributed by atoms with Crippen LogP contribution in [0.4, 0.5) is 4.79 Å². The third-order valence-electron chi connectivity index (χ3n) is 3.96. The first-order valence-corrected chi connectivity index (χ1v) is 7.97. The number of rotatable bonds is 5. The summed E-state index contributed by atoms with van der Waals surface area (Å²) in [5.41, 5.74) is 1.04. The molecule has 1 aliphatic heterocycles. The fourth-order valence-electron chi connectivity index (χ4n) is 2.66. The van der Waals surface area contributed by atoms with Crippen molar-refractivity contribution in [3.8, 4) is 5.75 Å². The Hall–Kier alpha value is -2.24. The lowest BCUT2D eigenvalue weighted by atomic mass is 10.1. The molecule has 1 heterocycles. The highest BCUT2D eigenvalue weighted by atomic mass is 16.6. The van der Waals surface area contributed by atoms with E-state index < -0.39 is 0 Å². The number of methoxy groups -OCH3 is 1. The van der Waals surface area contributed by atoms with E-state index in [1.54, 1.807) is 18.9 Å². The van der Waals surface area contributed by atoms with Gasteiger partial charge >= 0.3 is 6.09 Å². The minimum atomic E-state index is -0.298. The number of piperazine rings is 1. The number of carbonyl (C=O) groups is 2. The van der Waals surface area contributed by atoms with Gasteiger partial charge in [0.2, 0.25) is 5.91 Å². The monoisotopic (exact) mass is 320 g/mol. The number of nitrogens with zero attached hydrogens (tertiary/aromatic N) is 2. The van der Waals surface area contributed by atoms with E-state index in [-0.39, 0.29) is 12.0 Å². The predicted molar refractivity (Wildman–Crippen MR) is 86.5 cm³/mol. The summed E-state index contributed by atoms with van der Waals surface area (Å²) in [7, 11) is 1.63. The van der Waals surface area contributed by atoms with Gasteiger partial charge in [0.25, 0.3) is 0 Å². The van der Waals surface area contributed by atoms with Crippen molar-refractivity contribution in [3.63, 3.8) is 0 Å². The Bertz CT molecular complexity index is 539. The predicted octanol–water partition coefficient (Wildman–Crippen LogP) is 1.93. The minimum Gasteiger partial charge on any atom is -0.496 e. The van der Waals surface area contributed by atoms with Gasteiger partial charge in [-0.25, -0.2) is 4.79 Å². The van der Waals surface area contributed by atoms with E-state index in [1.807, 2.05) is 29.2 Å². The number of hydrogen-bond donors (Lipinski definition) is 0. The molecule has 0 atom stereocenters. The van der Waals surface area contributed by atoms with Crippen molar-refractivity contribution in [3.05, 3.63) is 29.8 Å². The molecule has 1 aliphatic rings. The zero-order valence-electron chi connectivity index (χ0n) is 13.8. The summed E-state index contributed by atoms with van der Waals surface area (Å²) in [4.78, 5) is 27.4. The Labute approximate surface area is 137 Å². The SMILES string of the molecule is CCOC(=O)N1CCN(C(=O)CCc2ccccc2OC)CC1. The summed E-state index contributed by atoms with van der Waals surface area (Å²) in [6.07, 6.45) is 0.800. The Balaban J connectivity index is 1.80. The van der Waals surface area contributed by atoms with Gasteiger partial charge in [-0.3, -0.25) is 4.79 Å². The molecule has 0 aromatic heterocycles. The largest absolute Gasteiger partial charge is 0.496 e. The van der Waals surface area contributed by atoms with Gasteiger partial charge in [0.1, 0.15) is 5.75 Å². The van der Waals surface area contributed by atoms with Crippen LogP contribution in [0.5, 0.6) is 5.75 Å². The molecular formula is C17H24N2O4. The number of amides is 2. The lowest BCUT2D eigenvalue weighted by molar-refractivity contribution is -0.132. The summed E-state index contributed by atoms with van der Waals surface area (Å²) >= 11 is 0. The van der Waals surface area contributed by atoms with Crippen LogP contribution in [0, 0.1) is 0 Å². The molecule has 0 aliphatic carbocycles. The molecule has 1 fully saturated rings.